The van der Waals surface area contributed by atoms with Crippen molar-refractivity contribution < 1.29 is 21.6 Å². The van der Waals surface area contributed by atoms with Gasteiger partial charge in [0.2, 0.25) is 0 Å². The average Bonchev–Trinajstić information content (AvgIpc) is 3.12. The zero-order valence-corrected chi connectivity index (χ0v) is 19.1. The van der Waals surface area contributed by atoms with Crippen molar-refractivity contribution in [2.75, 3.05) is 26.7 Å². The van der Waals surface area contributed by atoms with Gasteiger partial charge in [-0.15, -0.1) is 4.41 Å². The lowest BCUT2D eigenvalue weighted by molar-refractivity contribution is -0.182. The second-order valence-corrected chi connectivity index (χ2v) is 10.6. The van der Waals surface area contributed by atoms with Gasteiger partial charge in [0.05, 0.1) is 12.0 Å². The predicted molar refractivity (Wildman–Crippen MR) is 117 cm³/mol. The summed E-state index contributed by atoms with van der Waals surface area (Å²) >= 11 is 6.05. The first kappa shape index (κ1) is 23.5. The summed E-state index contributed by atoms with van der Waals surface area (Å²) in [6, 6.07) is 16.7. The minimum atomic E-state index is -4.29. The summed E-state index contributed by atoms with van der Waals surface area (Å²) in [5, 5.41) is 2.27. The van der Waals surface area contributed by atoms with E-state index in [-0.39, 0.29) is 44.4 Å². The Balaban J connectivity index is 1.62. The number of piperidine rings is 1. The molecule has 2 heterocycles. The van der Waals surface area contributed by atoms with E-state index < -0.39 is 22.3 Å². The Hall–Kier alpha value is -1.65. The molecule has 0 aliphatic carbocycles. The van der Waals surface area contributed by atoms with Crippen molar-refractivity contribution >= 4 is 21.8 Å². The fourth-order valence-electron chi connectivity index (χ4n) is 4.70. The van der Waals surface area contributed by atoms with Gasteiger partial charge in [0.1, 0.15) is 0 Å². The molecule has 10 heteroatoms. The summed E-state index contributed by atoms with van der Waals surface area (Å²) < 4.78 is 68.5. The van der Waals surface area contributed by atoms with Crippen LogP contribution in [0.4, 0.5) is 13.2 Å². The standard InChI is InChI=1S/C22H25ClF3N3O2S/c1-27-21(17-7-9-19(23)10-8-17)20(16-5-3-2-4-6-16)15-29(27)32(30,31)28-13-11-18(12-14-28)22(24,25)26/h2-10,18,20-21H,11-15H2,1H3/t20-,21?/m1/s1. The maximum absolute atomic E-state index is 13.5. The fourth-order valence-corrected chi connectivity index (χ4v) is 6.54. The zero-order valence-electron chi connectivity index (χ0n) is 17.5. The molecule has 2 aliphatic rings. The molecule has 0 aromatic heterocycles. The molecule has 0 N–H and O–H groups in total. The molecule has 1 unspecified atom stereocenters. The molecule has 5 nitrogen and oxygen atoms in total. The van der Waals surface area contributed by atoms with Gasteiger partial charge in [0, 0.05) is 37.6 Å². The zero-order chi connectivity index (χ0) is 23.1. The Morgan fingerprint density at radius 3 is 2.09 bits per heavy atom. The Bertz CT molecular complexity index is 1030. The fraction of sp³-hybridized carbons (Fsp3) is 0.455. The maximum Gasteiger partial charge on any atom is 0.391 e. The van der Waals surface area contributed by atoms with E-state index in [0.29, 0.717) is 5.02 Å². The molecule has 174 valence electrons. The summed E-state index contributed by atoms with van der Waals surface area (Å²) in [5.41, 5.74) is 1.91. The van der Waals surface area contributed by atoms with Gasteiger partial charge in [-0.05, 0) is 36.1 Å². The van der Waals surface area contributed by atoms with Crippen LogP contribution in [-0.4, -0.2) is 55.0 Å². The molecular weight excluding hydrogens is 463 g/mol. The Kier molecular flexibility index (Phi) is 6.57. The van der Waals surface area contributed by atoms with E-state index in [1.165, 1.54) is 8.72 Å². The third kappa shape index (κ3) is 4.54. The second-order valence-electron chi connectivity index (χ2n) is 8.31. The van der Waals surface area contributed by atoms with Crippen molar-refractivity contribution in [3.8, 4) is 0 Å². The van der Waals surface area contributed by atoms with Crippen LogP contribution in [0.2, 0.25) is 5.02 Å². The second kappa shape index (κ2) is 8.95. The number of halogens is 4. The molecule has 2 fully saturated rings. The van der Waals surface area contributed by atoms with Gasteiger partial charge < -0.3 is 0 Å². The van der Waals surface area contributed by atoms with Crippen LogP contribution in [0, 0.1) is 5.92 Å². The van der Waals surface area contributed by atoms with E-state index in [9.17, 15) is 21.6 Å². The van der Waals surface area contributed by atoms with E-state index >= 15 is 0 Å². The summed E-state index contributed by atoms with van der Waals surface area (Å²) in [5.74, 6) is -1.60. The first-order valence-electron chi connectivity index (χ1n) is 10.5. The van der Waals surface area contributed by atoms with Gasteiger partial charge in [-0.1, -0.05) is 54.1 Å². The van der Waals surface area contributed by atoms with E-state index in [0.717, 1.165) is 11.1 Å². The molecule has 2 aromatic carbocycles. The van der Waals surface area contributed by atoms with Crippen molar-refractivity contribution in [1.82, 2.24) is 13.7 Å². The van der Waals surface area contributed by atoms with E-state index in [2.05, 4.69) is 0 Å². The summed E-state index contributed by atoms with van der Waals surface area (Å²) in [7, 11) is -2.26. The molecule has 4 rings (SSSR count). The highest BCUT2D eigenvalue weighted by Gasteiger charge is 2.49. The van der Waals surface area contributed by atoms with E-state index in [1.807, 2.05) is 42.5 Å². The monoisotopic (exact) mass is 487 g/mol. The lowest BCUT2D eigenvalue weighted by Crippen LogP contribution is -2.51. The average molecular weight is 488 g/mol. The highest BCUT2D eigenvalue weighted by atomic mass is 35.5. The summed E-state index contributed by atoms with van der Waals surface area (Å²) in [6.07, 6.45) is -4.73. The van der Waals surface area contributed by atoms with Gasteiger partial charge in [0.25, 0.3) is 10.2 Å². The van der Waals surface area contributed by atoms with Gasteiger partial charge in [0.15, 0.2) is 0 Å². The molecule has 2 atom stereocenters. The molecule has 0 amide bonds. The number of hydrogen-bond acceptors (Lipinski definition) is 3. The molecular formula is C22H25ClF3N3O2S. The summed E-state index contributed by atoms with van der Waals surface area (Å²) in [6.45, 7) is -0.0771. The normalized spacial score (nSPS) is 24.8. The van der Waals surface area contributed by atoms with Crippen LogP contribution in [0.5, 0.6) is 0 Å². The van der Waals surface area contributed by atoms with E-state index in [4.69, 9.17) is 11.6 Å². The third-order valence-electron chi connectivity index (χ3n) is 6.44. The number of alkyl halides is 3. The molecule has 2 aromatic rings. The van der Waals surface area contributed by atoms with Crippen LogP contribution in [0.3, 0.4) is 0 Å². The first-order valence-corrected chi connectivity index (χ1v) is 12.2. The van der Waals surface area contributed by atoms with Crippen molar-refractivity contribution in [2.45, 2.75) is 31.0 Å². The van der Waals surface area contributed by atoms with Crippen molar-refractivity contribution in [3.05, 3.63) is 70.7 Å². The molecule has 2 aliphatic heterocycles. The van der Waals surface area contributed by atoms with Crippen LogP contribution < -0.4 is 0 Å². The SMILES string of the molecule is CN1C(c2ccc(Cl)cc2)[C@@H](c2ccccc2)CN1S(=O)(=O)N1CCC(C(F)(F)F)CC1. The molecule has 0 bridgehead atoms. The lowest BCUT2D eigenvalue weighted by Gasteiger charge is -2.36. The molecule has 0 saturated carbocycles. The number of hydrogen-bond donors (Lipinski definition) is 0. The highest BCUT2D eigenvalue weighted by Crippen LogP contribution is 2.44. The van der Waals surface area contributed by atoms with Crippen LogP contribution in [-0.2, 0) is 10.2 Å². The highest BCUT2D eigenvalue weighted by molar-refractivity contribution is 7.86. The van der Waals surface area contributed by atoms with Crippen LogP contribution in [0.15, 0.2) is 54.6 Å². The van der Waals surface area contributed by atoms with Gasteiger partial charge in [-0.3, -0.25) is 0 Å². The quantitative estimate of drug-likeness (QED) is 0.619. The minimum absolute atomic E-state index is 0.140. The smallest absolute Gasteiger partial charge is 0.222 e. The Morgan fingerprint density at radius 1 is 0.938 bits per heavy atom. The number of hydrazine groups is 1. The molecule has 0 radical (unpaired) electrons. The minimum Gasteiger partial charge on any atom is -0.222 e. The molecule has 32 heavy (non-hydrogen) atoms. The maximum atomic E-state index is 13.5. The number of rotatable bonds is 4. The molecule has 0 spiro atoms. The lowest BCUT2D eigenvalue weighted by atomic mass is 9.88. The topological polar surface area (TPSA) is 43.9 Å². The van der Waals surface area contributed by atoms with Crippen molar-refractivity contribution in [1.29, 1.82) is 0 Å². The third-order valence-corrected chi connectivity index (χ3v) is 8.65. The van der Waals surface area contributed by atoms with Crippen molar-refractivity contribution in [3.63, 3.8) is 0 Å². The van der Waals surface area contributed by atoms with Crippen molar-refractivity contribution in [2.24, 2.45) is 5.92 Å². The van der Waals surface area contributed by atoms with Gasteiger partial charge >= 0.3 is 6.18 Å². The van der Waals surface area contributed by atoms with Crippen LogP contribution in [0.25, 0.3) is 0 Å². The van der Waals surface area contributed by atoms with Gasteiger partial charge in [-0.2, -0.15) is 25.9 Å². The predicted octanol–water partition coefficient (Wildman–Crippen LogP) is 4.85. The Labute approximate surface area is 191 Å². The number of nitrogens with zero attached hydrogens (tertiary/aromatic N) is 3. The largest absolute Gasteiger partial charge is 0.391 e. The first-order chi connectivity index (χ1) is 15.1. The van der Waals surface area contributed by atoms with Crippen LogP contribution in [0.1, 0.15) is 35.9 Å². The summed E-state index contributed by atoms with van der Waals surface area (Å²) in [4.78, 5) is 0. The van der Waals surface area contributed by atoms with Crippen LogP contribution >= 0.6 is 11.6 Å². The van der Waals surface area contributed by atoms with Gasteiger partial charge in [-0.25, -0.2) is 5.01 Å². The van der Waals surface area contributed by atoms with E-state index in [1.54, 1.807) is 24.2 Å². The Morgan fingerprint density at radius 2 is 1.53 bits per heavy atom. The molecule has 2 saturated heterocycles. The number of benzene rings is 2. The number of likely N-dealkylation sites (N-methyl/N-ethyl adjacent to an activating group) is 1.